The van der Waals surface area contributed by atoms with E-state index in [2.05, 4.69) is 58.6 Å². The van der Waals surface area contributed by atoms with Gasteiger partial charge in [-0.25, -0.2) is 9.13 Å². The van der Waals surface area contributed by atoms with E-state index in [1.807, 2.05) is 59.9 Å². The Morgan fingerprint density at radius 1 is 0.926 bits per heavy atom. The number of nitrogens with one attached hydrogen (secondary N) is 1. The largest absolute Gasteiger partial charge is 0.421 e. The molecular formula is C21H27N6+. The van der Waals surface area contributed by atoms with Crippen molar-refractivity contribution >= 4 is 28.7 Å². The quantitative estimate of drug-likeness (QED) is 0.482. The Hall–Kier alpha value is -3.15. The second-order valence-corrected chi connectivity index (χ2v) is 6.41. The smallest absolute Gasteiger partial charge is 0.372 e. The van der Waals surface area contributed by atoms with E-state index in [1.165, 1.54) is 5.69 Å². The van der Waals surface area contributed by atoms with Crippen LogP contribution in [0.25, 0.3) is 0 Å². The number of nitrogens with zero attached hydrogens (tertiary/aromatic N) is 5. The zero-order valence-electron chi connectivity index (χ0n) is 16.4. The number of anilines is 3. The molecule has 2 aromatic carbocycles. The number of hydrogen-bond donors (Lipinski definition) is 1. The topological polar surface area (TPSA) is 48.8 Å². The Balaban J connectivity index is 1.65. The number of benzene rings is 2. The van der Waals surface area contributed by atoms with Crippen LogP contribution in [0.5, 0.6) is 0 Å². The van der Waals surface area contributed by atoms with Gasteiger partial charge in [0.05, 0.1) is 26.5 Å². The van der Waals surface area contributed by atoms with E-state index in [0.29, 0.717) is 0 Å². The number of azo groups is 1. The molecule has 0 saturated heterocycles. The summed E-state index contributed by atoms with van der Waals surface area (Å²) in [6.45, 7) is 6.37. The molecule has 1 N–H and O–H groups in total. The molecule has 0 amide bonds. The first-order valence-corrected chi connectivity index (χ1v) is 9.25. The molecule has 6 heteroatoms. The summed E-state index contributed by atoms with van der Waals surface area (Å²) in [5, 5.41) is 12.1. The maximum Gasteiger partial charge on any atom is 0.421 e. The molecule has 0 aliphatic heterocycles. The third kappa shape index (κ3) is 4.53. The van der Waals surface area contributed by atoms with E-state index in [-0.39, 0.29) is 0 Å². The minimum Gasteiger partial charge on any atom is -0.372 e. The van der Waals surface area contributed by atoms with E-state index in [1.54, 1.807) is 0 Å². The van der Waals surface area contributed by atoms with Crippen LogP contribution in [0, 0.1) is 0 Å². The van der Waals surface area contributed by atoms with Crippen molar-refractivity contribution in [3.8, 4) is 0 Å². The molecule has 3 aromatic rings. The van der Waals surface area contributed by atoms with Crippen molar-refractivity contribution < 1.29 is 4.57 Å². The van der Waals surface area contributed by atoms with Crippen LogP contribution in [0.4, 0.5) is 28.7 Å². The van der Waals surface area contributed by atoms with Crippen LogP contribution in [-0.4, -0.2) is 17.7 Å². The van der Waals surface area contributed by atoms with Gasteiger partial charge in [-0.1, -0.05) is 5.11 Å². The van der Waals surface area contributed by atoms with Crippen molar-refractivity contribution in [2.45, 2.75) is 13.8 Å². The predicted molar refractivity (Wildman–Crippen MR) is 110 cm³/mol. The van der Waals surface area contributed by atoms with Crippen LogP contribution in [0.1, 0.15) is 13.8 Å². The highest BCUT2D eigenvalue weighted by molar-refractivity contribution is 5.64. The van der Waals surface area contributed by atoms with Gasteiger partial charge in [-0.2, -0.15) is 0 Å². The van der Waals surface area contributed by atoms with Crippen LogP contribution in [-0.2, 0) is 14.1 Å². The lowest BCUT2D eigenvalue weighted by Gasteiger charge is -2.21. The second-order valence-electron chi connectivity index (χ2n) is 6.41. The second kappa shape index (κ2) is 8.49. The molecule has 0 radical (unpaired) electrons. The molecule has 0 aliphatic carbocycles. The third-order valence-electron chi connectivity index (χ3n) is 4.55. The minimum absolute atomic E-state index is 0.797. The van der Waals surface area contributed by atoms with Crippen molar-refractivity contribution in [1.29, 1.82) is 0 Å². The molecule has 27 heavy (non-hydrogen) atoms. The lowest BCUT2D eigenvalue weighted by molar-refractivity contribution is -0.657. The lowest BCUT2D eigenvalue weighted by Crippen LogP contribution is -2.25. The van der Waals surface area contributed by atoms with E-state index in [9.17, 15) is 0 Å². The minimum atomic E-state index is 0.797. The zero-order valence-corrected chi connectivity index (χ0v) is 16.4. The maximum atomic E-state index is 4.32. The van der Waals surface area contributed by atoms with E-state index in [0.717, 1.165) is 36.1 Å². The molecular weight excluding hydrogens is 336 g/mol. The molecule has 140 valence electrons. The zero-order chi connectivity index (χ0) is 19.2. The summed E-state index contributed by atoms with van der Waals surface area (Å²) in [4.78, 5) is 2.33. The van der Waals surface area contributed by atoms with Crippen LogP contribution >= 0.6 is 0 Å². The first-order chi connectivity index (χ1) is 13.1. The van der Waals surface area contributed by atoms with Gasteiger partial charge in [0.25, 0.3) is 0 Å². The average Bonchev–Trinajstić information content (AvgIpc) is 3.01. The summed E-state index contributed by atoms with van der Waals surface area (Å²) >= 11 is 0. The fourth-order valence-corrected chi connectivity index (χ4v) is 2.95. The molecule has 3 rings (SSSR count). The first kappa shape index (κ1) is 18.6. The Kier molecular flexibility index (Phi) is 5.86. The number of aryl methyl sites for hydroxylation is 2. The first-order valence-electron chi connectivity index (χ1n) is 9.25. The summed E-state index contributed by atoms with van der Waals surface area (Å²) in [7, 11) is 3.90. The van der Waals surface area contributed by atoms with Crippen LogP contribution in [0.3, 0.4) is 0 Å². The van der Waals surface area contributed by atoms with Gasteiger partial charge in [0, 0.05) is 35.3 Å². The number of aromatic nitrogens is 2. The van der Waals surface area contributed by atoms with Crippen molar-refractivity contribution in [1.82, 2.24) is 4.57 Å². The highest BCUT2D eigenvalue weighted by Gasteiger charge is 2.10. The Bertz CT molecular complexity index is 870. The van der Waals surface area contributed by atoms with Crippen LogP contribution in [0.15, 0.2) is 71.2 Å². The SMILES string of the molecule is CCN(CC)c1ccc(Nc2ccc(N=Nc3n(C)cc[n+]3C)cc2)cc1. The van der Waals surface area contributed by atoms with Crippen LogP contribution in [0.2, 0.25) is 0 Å². The van der Waals surface area contributed by atoms with E-state index >= 15 is 0 Å². The fraction of sp³-hybridized carbons (Fsp3) is 0.286. The molecule has 0 atom stereocenters. The Morgan fingerprint density at radius 2 is 1.52 bits per heavy atom. The molecule has 6 nitrogen and oxygen atoms in total. The summed E-state index contributed by atoms with van der Waals surface area (Å²) in [6.07, 6.45) is 3.90. The molecule has 0 bridgehead atoms. The molecule has 0 spiro atoms. The normalized spacial score (nSPS) is 11.1. The summed E-state index contributed by atoms with van der Waals surface area (Å²) in [5.41, 5.74) is 4.15. The standard InChI is InChI=1S/C21H26N6/c1-5-27(6-2)20-13-11-18(12-14-20)22-17-7-9-19(10-8-17)23-24-21-25(3)15-16-26(21)4/h7-16H,5-6H2,1-4H3/p+1. The van der Waals surface area contributed by atoms with E-state index in [4.69, 9.17) is 0 Å². The van der Waals surface area contributed by atoms with Crippen molar-refractivity contribution in [3.05, 3.63) is 60.9 Å². The summed E-state index contributed by atoms with van der Waals surface area (Å²) in [6, 6.07) is 16.5. The molecule has 0 aliphatic rings. The monoisotopic (exact) mass is 363 g/mol. The summed E-state index contributed by atoms with van der Waals surface area (Å²) in [5.74, 6) is 0.797. The van der Waals surface area contributed by atoms with Crippen molar-refractivity contribution in [2.24, 2.45) is 24.3 Å². The fourth-order valence-electron chi connectivity index (χ4n) is 2.95. The number of imidazole rings is 1. The van der Waals surface area contributed by atoms with E-state index < -0.39 is 0 Å². The van der Waals surface area contributed by atoms with Gasteiger partial charge < -0.3 is 10.2 Å². The average molecular weight is 363 g/mol. The highest BCUT2D eigenvalue weighted by Crippen LogP contribution is 2.23. The maximum absolute atomic E-state index is 4.32. The van der Waals surface area contributed by atoms with Gasteiger partial charge in [0.2, 0.25) is 0 Å². The molecule has 0 unspecified atom stereocenters. The van der Waals surface area contributed by atoms with Crippen molar-refractivity contribution in [3.63, 3.8) is 0 Å². The van der Waals surface area contributed by atoms with Gasteiger partial charge in [-0.15, -0.1) is 0 Å². The van der Waals surface area contributed by atoms with Gasteiger partial charge in [0.1, 0.15) is 5.69 Å². The number of hydrogen-bond acceptors (Lipinski definition) is 4. The number of rotatable bonds is 7. The van der Waals surface area contributed by atoms with Gasteiger partial charge in [0.15, 0.2) is 0 Å². The Labute approximate surface area is 160 Å². The molecule has 0 fully saturated rings. The summed E-state index contributed by atoms with van der Waals surface area (Å²) < 4.78 is 3.86. The predicted octanol–water partition coefficient (Wildman–Crippen LogP) is 4.85. The molecule has 0 saturated carbocycles. The van der Waals surface area contributed by atoms with Gasteiger partial charge in [-0.05, 0) is 62.4 Å². The third-order valence-corrected chi connectivity index (χ3v) is 4.55. The van der Waals surface area contributed by atoms with Crippen LogP contribution < -0.4 is 14.8 Å². The Morgan fingerprint density at radius 3 is 2.04 bits per heavy atom. The van der Waals surface area contributed by atoms with Gasteiger partial charge >= 0.3 is 5.95 Å². The lowest BCUT2D eigenvalue weighted by atomic mass is 10.2. The van der Waals surface area contributed by atoms with Crippen molar-refractivity contribution in [2.75, 3.05) is 23.3 Å². The van der Waals surface area contributed by atoms with Gasteiger partial charge in [-0.3, -0.25) is 0 Å². The molecule has 1 heterocycles. The molecule has 1 aromatic heterocycles. The highest BCUT2D eigenvalue weighted by atomic mass is 15.3.